The number of aliphatic hydroxyl groups is 1. The maximum Gasteiger partial charge on any atom is 0.407 e. The van der Waals surface area contributed by atoms with Crippen molar-refractivity contribution in [1.82, 2.24) is 10.6 Å². The molecule has 1 aliphatic rings. The highest BCUT2D eigenvalue weighted by Gasteiger charge is 2.54. The first kappa shape index (κ1) is 28.1. The number of hydrogen-bond acceptors (Lipinski definition) is 9. The number of aldehydes is 1. The fourth-order valence-corrected chi connectivity index (χ4v) is 3.93. The van der Waals surface area contributed by atoms with Crippen LogP contribution in [0.4, 0.5) is 4.79 Å². The second-order valence-electron chi connectivity index (χ2n) is 8.35. The molecule has 0 unspecified atom stereocenters. The Morgan fingerprint density at radius 2 is 1.94 bits per heavy atom. The molecule has 12 heteroatoms. The SMILES string of the molecule is CC(=O)N[C@@H]1[C@@H](NC(=O)OC(C)(C)C)C[C@](OCCCSCCC=O)(C(=O)O)O[C@H]1CO. The molecule has 0 aromatic rings. The minimum Gasteiger partial charge on any atom is -0.477 e. The fourth-order valence-electron chi connectivity index (χ4n) is 3.14. The van der Waals surface area contributed by atoms with E-state index in [-0.39, 0.29) is 13.0 Å². The molecule has 0 radical (unpaired) electrons. The van der Waals surface area contributed by atoms with Gasteiger partial charge in [-0.3, -0.25) is 4.79 Å². The number of alkyl carbamates (subject to hydrolysis) is 1. The zero-order valence-electron chi connectivity index (χ0n) is 18.9. The first-order valence-electron chi connectivity index (χ1n) is 10.4. The first-order chi connectivity index (χ1) is 14.9. The van der Waals surface area contributed by atoms with Gasteiger partial charge in [-0.1, -0.05) is 0 Å². The van der Waals surface area contributed by atoms with Crippen molar-refractivity contribution in [2.45, 2.75) is 76.5 Å². The molecular weight excluding hydrogens is 444 g/mol. The van der Waals surface area contributed by atoms with E-state index in [4.69, 9.17) is 14.2 Å². The third kappa shape index (κ3) is 9.31. The number of carbonyl (C=O) groups excluding carboxylic acids is 3. The minimum absolute atomic E-state index is 0.0441. The summed E-state index contributed by atoms with van der Waals surface area (Å²) in [6.07, 6.45) is -0.495. The molecule has 0 aromatic heterocycles. The number of aliphatic carboxylic acids is 1. The number of nitrogens with one attached hydrogen (secondary N) is 2. The third-order valence-corrected chi connectivity index (χ3v) is 5.49. The van der Waals surface area contributed by atoms with Gasteiger partial charge in [0.25, 0.3) is 5.79 Å². The third-order valence-electron chi connectivity index (χ3n) is 4.39. The maximum absolute atomic E-state index is 12.4. The van der Waals surface area contributed by atoms with Crippen molar-refractivity contribution >= 4 is 36.0 Å². The van der Waals surface area contributed by atoms with Crippen LogP contribution in [0.25, 0.3) is 0 Å². The molecule has 1 rings (SSSR count). The number of aliphatic hydroxyl groups excluding tert-OH is 1. The maximum atomic E-state index is 12.4. The van der Waals surface area contributed by atoms with Crippen LogP contribution in [0.3, 0.4) is 0 Å². The summed E-state index contributed by atoms with van der Waals surface area (Å²) in [6, 6.07) is -1.85. The summed E-state index contributed by atoms with van der Waals surface area (Å²) in [6.45, 7) is 5.72. The zero-order valence-corrected chi connectivity index (χ0v) is 19.7. The predicted octanol–water partition coefficient (Wildman–Crippen LogP) is 0.675. The van der Waals surface area contributed by atoms with Gasteiger partial charge < -0.3 is 39.9 Å². The number of ether oxygens (including phenoxy) is 3. The van der Waals surface area contributed by atoms with E-state index in [2.05, 4.69) is 10.6 Å². The highest BCUT2D eigenvalue weighted by molar-refractivity contribution is 7.99. The number of rotatable bonds is 12. The number of carboxylic acid groups (broad SMARTS) is 1. The average Bonchev–Trinajstić information content (AvgIpc) is 2.67. The summed E-state index contributed by atoms with van der Waals surface area (Å²) in [7, 11) is 0. The number of carboxylic acids is 1. The van der Waals surface area contributed by atoms with Crippen molar-refractivity contribution in [1.29, 1.82) is 0 Å². The van der Waals surface area contributed by atoms with Crippen molar-refractivity contribution < 1.29 is 43.6 Å². The molecule has 0 aromatic carbocycles. The van der Waals surface area contributed by atoms with Crippen LogP contribution in [0.2, 0.25) is 0 Å². The molecule has 4 N–H and O–H groups in total. The van der Waals surface area contributed by atoms with Gasteiger partial charge in [0.05, 0.1) is 25.3 Å². The lowest BCUT2D eigenvalue weighted by molar-refractivity contribution is -0.288. The van der Waals surface area contributed by atoms with E-state index >= 15 is 0 Å². The quantitative estimate of drug-likeness (QED) is 0.232. The van der Waals surface area contributed by atoms with Crippen molar-refractivity contribution in [3.8, 4) is 0 Å². The molecule has 1 saturated heterocycles. The Labute approximate surface area is 191 Å². The van der Waals surface area contributed by atoms with E-state index < -0.39 is 54.2 Å². The molecule has 0 aliphatic carbocycles. The zero-order chi connectivity index (χ0) is 24.4. The van der Waals surface area contributed by atoms with Crippen LogP contribution < -0.4 is 10.6 Å². The van der Waals surface area contributed by atoms with E-state index in [1.54, 1.807) is 20.8 Å². The second kappa shape index (κ2) is 13.0. The van der Waals surface area contributed by atoms with Crippen LogP contribution in [0.1, 0.15) is 47.0 Å². The molecule has 0 saturated carbocycles. The van der Waals surface area contributed by atoms with Crippen LogP contribution in [-0.4, -0.2) is 88.8 Å². The van der Waals surface area contributed by atoms with Crippen molar-refractivity contribution in [3.63, 3.8) is 0 Å². The van der Waals surface area contributed by atoms with Gasteiger partial charge in [0.15, 0.2) is 0 Å². The Balaban J connectivity index is 2.98. The molecule has 1 aliphatic heterocycles. The van der Waals surface area contributed by atoms with E-state index in [9.17, 15) is 29.4 Å². The van der Waals surface area contributed by atoms with Gasteiger partial charge in [-0.25, -0.2) is 9.59 Å². The summed E-state index contributed by atoms with van der Waals surface area (Å²) in [5.41, 5.74) is -0.795. The molecule has 4 atom stereocenters. The second-order valence-corrected chi connectivity index (χ2v) is 9.57. The molecule has 184 valence electrons. The molecular formula is C20H34N2O9S. The molecule has 0 bridgehead atoms. The highest BCUT2D eigenvalue weighted by atomic mass is 32.2. The van der Waals surface area contributed by atoms with Crippen molar-refractivity contribution in [2.75, 3.05) is 24.7 Å². The van der Waals surface area contributed by atoms with Crippen LogP contribution >= 0.6 is 11.8 Å². The van der Waals surface area contributed by atoms with Gasteiger partial charge >= 0.3 is 12.1 Å². The topological polar surface area (TPSA) is 160 Å². The van der Waals surface area contributed by atoms with Crippen molar-refractivity contribution in [3.05, 3.63) is 0 Å². The highest BCUT2D eigenvalue weighted by Crippen LogP contribution is 2.32. The van der Waals surface area contributed by atoms with Gasteiger partial charge in [0, 0.05) is 19.8 Å². The largest absolute Gasteiger partial charge is 0.477 e. The number of hydrogen-bond donors (Lipinski definition) is 4. The molecule has 1 heterocycles. The lowest BCUT2D eigenvalue weighted by Crippen LogP contribution is -2.68. The Kier molecular flexibility index (Phi) is 11.4. The van der Waals surface area contributed by atoms with Crippen LogP contribution in [0.15, 0.2) is 0 Å². The Morgan fingerprint density at radius 3 is 2.47 bits per heavy atom. The molecule has 0 spiro atoms. The van der Waals surface area contributed by atoms with Crippen LogP contribution in [0, 0.1) is 0 Å². The van der Waals surface area contributed by atoms with Gasteiger partial charge in [0.2, 0.25) is 5.91 Å². The normalized spacial score (nSPS) is 25.6. The average molecular weight is 479 g/mol. The number of amides is 2. The summed E-state index contributed by atoms with van der Waals surface area (Å²) in [5, 5.41) is 24.9. The summed E-state index contributed by atoms with van der Waals surface area (Å²) in [5.74, 6) is -2.67. The molecule has 2 amide bonds. The predicted molar refractivity (Wildman–Crippen MR) is 116 cm³/mol. The van der Waals surface area contributed by atoms with Gasteiger partial charge in [-0.15, -0.1) is 0 Å². The van der Waals surface area contributed by atoms with Crippen LogP contribution in [-0.2, 0) is 28.6 Å². The summed E-state index contributed by atoms with van der Waals surface area (Å²) < 4.78 is 16.5. The summed E-state index contributed by atoms with van der Waals surface area (Å²) >= 11 is 1.54. The van der Waals surface area contributed by atoms with E-state index in [0.717, 1.165) is 6.29 Å². The minimum atomic E-state index is -2.13. The Morgan fingerprint density at radius 1 is 1.25 bits per heavy atom. The Bertz CT molecular complexity index is 655. The van der Waals surface area contributed by atoms with E-state index in [1.807, 2.05) is 0 Å². The lowest BCUT2D eigenvalue weighted by Gasteiger charge is -2.45. The standard InChI is InChI=1S/C20H34N2O9S/c1-13(25)21-16-14(22-18(28)31-19(2,3)4)11-20(17(26)27,30-15(16)12-24)29-8-6-10-32-9-5-7-23/h7,14-16,24H,5-6,8-12H2,1-4H3,(H,21,25)(H,22,28)(H,26,27)/t14-,15-,16+,20+/m0/s1. The van der Waals surface area contributed by atoms with Crippen LogP contribution in [0.5, 0.6) is 0 Å². The van der Waals surface area contributed by atoms with Crippen molar-refractivity contribution in [2.24, 2.45) is 0 Å². The van der Waals surface area contributed by atoms with E-state index in [0.29, 0.717) is 24.3 Å². The fraction of sp³-hybridized carbons (Fsp3) is 0.800. The summed E-state index contributed by atoms with van der Waals surface area (Å²) in [4.78, 5) is 46.5. The monoisotopic (exact) mass is 478 g/mol. The van der Waals surface area contributed by atoms with Gasteiger partial charge in [0.1, 0.15) is 18.0 Å². The molecule has 1 fully saturated rings. The smallest absolute Gasteiger partial charge is 0.407 e. The molecule has 11 nitrogen and oxygen atoms in total. The number of carbonyl (C=O) groups is 4. The van der Waals surface area contributed by atoms with Gasteiger partial charge in [-0.05, 0) is 38.7 Å². The molecule has 32 heavy (non-hydrogen) atoms. The van der Waals surface area contributed by atoms with Gasteiger partial charge in [-0.2, -0.15) is 11.8 Å². The van der Waals surface area contributed by atoms with E-state index in [1.165, 1.54) is 18.7 Å². The Hall–Kier alpha value is -1.89. The number of thioether (sulfide) groups is 1. The first-order valence-corrected chi connectivity index (χ1v) is 11.5. The lowest BCUT2D eigenvalue weighted by atomic mass is 9.90.